The minimum Gasteiger partial charge on any atom is -0.244 e. The van der Waals surface area contributed by atoms with Gasteiger partial charge in [0.15, 0.2) is 0 Å². The summed E-state index contributed by atoms with van der Waals surface area (Å²) in [5, 5.41) is 7.56. The van der Waals surface area contributed by atoms with Crippen LogP contribution in [0.25, 0.3) is 0 Å². The van der Waals surface area contributed by atoms with Crippen molar-refractivity contribution in [2.75, 3.05) is 0 Å². The first kappa shape index (κ1) is 13.1. The molecule has 2 rings (SSSR count). The van der Waals surface area contributed by atoms with Crippen LogP contribution in [0.3, 0.4) is 0 Å². The van der Waals surface area contributed by atoms with Crippen LogP contribution in [0.15, 0.2) is 53.2 Å². The molecule has 0 radical (unpaired) electrons. The fourth-order valence-corrected chi connectivity index (χ4v) is 1.35. The van der Waals surface area contributed by atoms with Crippen LogP contribution in [0.5, 0.6) is 0 Å². The molecule has 0 saturated carbocycles. The molecule has 2 aromatic rings. The second-order valence-corrected chi connectivity index (χ2v) is 3.69. The highest BCUT2D eigenvalue weighted by atomic mass is 19.4. The first-order valence-electron chi connectivity index (χ1n) is 5.34. The average Bonchev–Trinajstić information content (AvgIpc) is 2.39. The Bertz CT molecular complexity index is 567. The second-order valence-electron chi connectivity index (χ2n) is 3.69. The van der Waals surface area contributed by atoms with Gasteiger partial charge in [-0.15, -0.1) is 0 Å². The maximum Gasteiger partial charge on any atom is 0.416 e. The molecule has 0 fully saturated rings. The third-order valence-corrected chi connectivity index (χ3v) is 2.23. The van der Waals surface area contributed by atoms with Crippen LogP contribution >= 0.6 is 0 Å². The number of nitrogens with zero attached hydrogens (tertiary/aromatic N) is 4. The molecular formula is C12H9F3N4. The van der Waals surface area contributed by atoms with E-state index in [4.69, 9.17) is 0 Å². The number of rotatable bonds is 3. The number of benzene rings is 1. The fourth-order valence-electron chi connectivity index (χ4n) is 1.35. The molecule has 0 saturated heterocycles. The van der Waals surface area contributed by atoms with E-state index in [1.165, 1.54) is 18.5 Å². The maximum atomic E-state index is 12.5. The van der Waals surface area contributed by atoms with Gasteiger partial charge >= 0.3 is 6.18 Å². The minimum atomic E-state index is -4.38. The first-order valence-corrected chi connectivity index (χ1v) is 5.34. The van der Waals surface area contributed by atoms with Crippen LogP contribution < -0.4 is 0 Å². The van der Waals surface area contributed by atoms with Crippen LogP contribution in [0.4, 0.5) is 18.9 Å². The topological polar surface area (TPSA) is 50.5 Å². The second kappa shape index (κ2) is 5.55. The Morgan fingerprint density at radius 1 is 1.11 bits per heavy atom. The lowest BCUT2D eigenvalue weighted by atomic mass is 10.2. The van der Waals surface area contributed by atoms with Crippen LogP contribution in [-0.2, 0) is 12.7 Å². The first-order chi connectivity index (χ1) is 9.05. The number of aromatic nitrogens is 2. The molecule has 0 unspecified atom stereocenters. The highest BCUT2D eigenvalue weighted by Crippen LogP contribution is 2.31. The number of halogens is 3. The van der Waals surface area contributed by atoms with Gasteiger partial charge in [0, 0.05) is 18.0 Å². The van der Waals surface area contributed by atoms with Crippen molar-refractivity contribution in [3.63, 3.8) is 0 Å². The normalized spacial score (nSPS) is 11.9. The van der Waals surface area contributed by atoms with E-state index in [-0.39, 0.29) is 12.2 Å². The molecule has 7 heteroatoms. The zero-order valence-electron chi connectivity index (χ0n) is 9.67. The lowest BCUT2D eigenvalue weighted by molar-refractivity contribution is -0.137. The molecule has 19 heavy (non-hydrogen) atoms. The third kappa shape index (κ3) is 3.84. The third-order valence-electron chi connectivity index (χ3n) is 2.23. The highest BCUT2D eigenvalue weighted by molar-refractivity contribution is 5.40. The number of azo groups is 1. The Hall–Kier alpha value is -2.31. The van der Waals surface area contributed by atoms with Crippen LogP contribution in [-0.4, -0.2) is 9.97 Å². The number of hydrogen-bond acceptors (Lipinski definition) is 4. The largest absolute Gasteiger partial charge is 0.416 e. The molecule has 1 heterocycles. The summed E-state index contributed by atoms with van der Waals surface area (Å²) in [5.74, 6) is 0. The summed E-state index contributed by atoms with van der Waals surface area (Å²) in [6.45, 7) is 0.219. The predicted octanol–water partition coefficient (Wildman–Crippen LogP) is 3.78. The van der Waals surface area contributed by atoms with E-state index < -0.39 is 11.7 Å². The molecule has 0 aliphatic heterocycles. The van der Waals surface area contributed by atoms with Gasteiger partial charge in [0.25, 0.3) is 0 Å². The molecule has 4 nitrogen and oxygen atoms in total. The molecule has 0 N–H and O–H groups in total. The van der Waals surface area contributed by atoms with Gasteiger partial charge in [0.05, 0.1) is 17.8 Å². The Labute approximate surface area is 107 Å². The van der Waals surface area contributed by atoms with Gasteiger partial charge < -0.3 is 0 Å². The van der Waals surface area contributed by atoms with Crippen molar-refractivity contribution >= 4 is 5.69 Å². The van der Waals surface area contributed by atoms with Gasteiger partial charge in [-0.3, -0.25) is 0 Å². The summed E-state index contributed by atoms with van der Waals surface area (Å²) < 4.78 is 37.4. The molecule has 0 amide bonds. The van der Waals surface area contributed by atoms with E-state index >= 15 is 0 Å². The molecule has 0 atom stereocenters. The molecule has 98 valence electrons. The monoisotopic (exact) mass is 266 g/mol. The summed E-state index contributed by atoms with van der Waals surface area (Å²) in [6.07, 6.45) is 0.141. The molecule has 0 aliphatic carbocycles. The van der Waals surface area contributed by atoms with Crippen molar-refractivity contribution in [2.45, 2.75) is 12.7 Å². The predicted molar refractivity (Wildman–Crippen MR) is 61.7 cm³/mol. The van der Waals surface area contributed by atoms with E-state index in [0.29, 0.717) is 0 Å². The lowest BCUT2D eigenvalue weighted by Gasteiger charge is -2.05. The Balaban J connectivity index is 2.07. The van der Waals surface area contributed by atoms with Crippen LogP contribution in [0.2, 0.25) is 0 Å². The average molecular weight is 266 g/mol. The zero-order valence-corrected chi connectivity index (χ0v) is 9.67. The summed E-state index contributed by atoms with van der Waals surface area (Å²) in [6, 6.07) is 4.69. The highest BCUT2D eigenvalue weighted by Gasteiger charge is 2.30. The van der Waals surface area contributed by atoms with Gasteiger partial charge in [-0.1, -0.05) is 6.07 Å². The summed E-state index contributed by atoms with van der Waals surface area (Å²) in [5.41, 5.74) is 0.150. The van der Waals surface area contributed by atoms with E-state index in [2.05, 4.69) is 20.2 Å². The quantitative estimate of drug-likeness (QED) is 0.794. The van der Waals surface area contributed by atoms with Gasteiger partial charge in [-0.2, -0.15) is 23.4 Å². The number of alkyl halides is 3. The van der Waals surface area contributed by atoms with Crippen molar-refractivity contribution in [3.05, 3.63) is 54.1 Å². The van der Waals surface area contributed by atoms with Crippen molar-refractivity contribution < 1.29 is 13.2 Å². The van der Waals surface area contributed by atoms with E-state index in [0.717, 1.165) is 17.7 Å². The summed E-state index contributed by atoms with van der Waals surface area (Å²) >= 11 is 0. The molecule has 0 aliphatic rings. The SMILES string of the molecule is FC(F)(F)c1cccc(N=NCc2cncnc2)c1. The van der Waals surface area contributed by atoms with Gasteiger partial charge in [-0.25, -0.2) is 9.97 Å². The summed E-state index contributed by atoms with van der Waals surface area (Å²) in [7, 11) is 0. The van der Waals surface area contributed by atoms with Crippen molar-refractivity contribution in [1.82, 2.24) is 9.97 Å². The van der Waals surface area contributed by atoms with Crippen LogP contribution in [0.1, 0.15) is 11.1 Å². The zero-order chi connectivity index (χ0) is 13.7. The van der Waals surface area contributed by atoms with E-state index in [1.807, 2.05) is 0 Å². The lowest BCUT2D eigenvalue weighted by Crippen LogP contribution is -2.03. The minimum absolute atomic E-state index is 0.159. The van der Waals surface area contributed by atoms with Crippen LogP contribution in [0, 0.1) is 0 Å². The molecule has 0 spiro atoms. The van der Waals surface area contributed by atoms with Gasteiger partial charge in [0.1, 0.15) is 6.33 Å². The van der Waals surface area contributed by atoms with Crippen molar-refractivity contribution in [2.24, 2.45) is 10.2 Å². The maximum absolute atomic E-state index is 12.5. The molecule has 0 bridgehead atoms. The van der Waals surface area contributed by atoms with E-state index in [1.54, 1.807) is 12.4 Å². The fraction of sp³-hybridized carbons (Fsp3) is 0.167. The van der Waals surface area contributed by atoms with Gasteiger partial charge in [0.2, 0.25) is 0 Å². The van der Waals surface area contributed by atoms with Crippen molar-refractivity contribution in [1.29, 1.82) is 0 Å². The molecule has 1 aromatic carbocycles. The summed E-state index contributed by atoms with van der Waals surface area (Å²) in [4.78, 5) is 7.59. The Morgan fingerprint density at radius 3 is 2.53 bits per heavy atom. The smallest absolute Gasteiger partial charge is 0.244 e. The van der Waals surface area contributed by atoms with Gasteiger partial charge in [-0.05, 0) is 18.2 Å². The standard InChI is InChI=1S/C12H9F3N4/c13-12(14,15)10-2-1-3-11(4-10)19-18-7-9-5-16-8-17-6-9/h1-6,8H,7H2. The van der Waals surface area contributed by atoms with E-state index in [9.17, 15) is 13.2 Å². The molecular weight excluding hydrogens is 257 g/mol. The Morgan fingerprint density at radius 2 is 1.84 bits per heavy atom. The number of hydrogen-bond donors (Lipinski definition) is 0. The Kier molecular flexibility index (Phi) is 3.84. The molecule has 1 aromatic heterocycles. The van der Waals surface area contributed by atoms with Crippen molar-refractivity contribution in [3.8, 4) is 0 Å².